The second kappa shape index (κ2) is 5.09. The molecular formula is C13H13FN2O3. The molecule has 0 bridgehead atoms. The Morgan fingerprint density at radius 1 is 1.53 bits per heavy atom. The van der Waals surface area contributed by atoms with Crippen LogP contribution in [0, 0.1) is 12.7 Å². The number of imidazole rings is 1. The van der Waals surface area contributed by atoms with Crippen LogP contribution in [0.15, 0.2) is 18.2 Å². The minimum absolute atomic E-state index is 0.155. The van der Waals surface area contributed by atoms with Gasteiger partial charge in [0.15, 0.2) is 11.6 Å². The smallest absolute Gasteiger partial charge is 0.311 e. The number of benzene rings is 1. The highest BCUT2D eigenvalue weighted by atomic mass is 19.1. The number of hydrogen-bond acceptors (Lipinski definition) is 3. The number of aromatic nitrogens is 2. The molecule has 0 unspecified atom stereocenters. The highest BCUT2D eigenvalue weighted by molar-refractivity contribution is 5.70. The van der Waals surface area contributed by atoms with Crippen molar-refractivity contribution in [3.05, 3.63) is 35.5 Å². The Bertz CT molecular complexity index is 622. The third kappa shape index (κ3) is 2.73. The van der Waals surface area contributed by atoms with Crippen LogP contribution in [-0.4, -0.2) is 28.2 Å². The molecule has 0 radical (unpaired) electrons. The normalized spacial score (nSPS) is 10.5. The summed E-state index contributed by atoms with van der Waals surface area (Å²) < 4.78 is 18.5. The van der Waals surface area contributed by atoms with Gasteiger partial charge in [0, 0.05) is 11.3 Å². The van der Waals surface area contributed by atoms with E-state index < -0.39 is 11.8 Å². The number of nitrogens with zero attached hydrogens (tertiary/aromatic N) is 1. The average Bonchev–Trinajstić information content (AvgIpc) is 2.69. The first-order valence-electron chi connectivity index (χ1n) is 5.62. The van der Waals surface area contributed by atoms with Crippen LogP contribution < -0.4 is 4.74 Å². The number of halogens is 1. The molecule has 0 amide bonds. The summed E-state index contributed by atoms with van der Waals surface area (Å²) in [5.74, 6) is -0.956. The Labute approximate surface area is 109 Å². The van der Waals surface area contributed by atoms with E-state index in [2.05, 4.69) is 9.97 Å². The number of aryl methyl sites for hydroxylation is 1. The molecule has 1 aromatic carbocycles. The molecule has 0 fully saturated rings. The van der Waals surface area contributed by atoms with Gasteiger partial charge in [0.1, 0.15) is 12.2 Å². The summed E-state index contributed by atoms with van der Waals surface area (Å²) in [4.78, 5) is 17.7. The van der Waals surface area contributed by atoms with Crippen LogP contribution >= 0.6 is 0 Å². The fourth-order valence-electron chi connectivity index (χ4n) is 1.84. The van der Waals surface area contributed by atoms with Crippen LogP contribution in [-0.2, 0) is 11.2 Å². The first-order chi connectivity index (χ1) is 9.01. The van der Waals surface area contributed by atoms with E-state index in [0.717, 1.165) is 0 Å². The Morgan fingerprint density at radius 3 is 2.84 bits per heavy atom. The third-order valence-electron chi connectivity index (χ3n) is 2.68. The van der Waals surface area contributed by atoms with Crippen LogP contribution in [0.2, 0.25) is 0 Å². The molecule has 2 aromatic rings. The number of ether oxygens (including phenoxy) is 1. The number of hydrogen-bond donors (Lipinski definition) is 2. The number of rotatable bonds is 4. The second-order valence-corrected chi connectivity index (χ2v) is 4.08. The molecule has 100 valence electrons. The molecule has 0 aliphatic heterocycles. The van der Waals surface area contributed by atoms with Crippen molar-refractivity contribution in [2.45, 2.75) is 13.3 Å². The highest BCUT2D eigenvalue weighted by Gasteiger charge is 2.13. The van der Waals surface area contributed by atoms with Gasteiger partial charge in [-0.1, -0.05) is 0 Å². The Hall–Kier alpha value is -2.37. The zero-order valence-corrected chi connectivity index (χ0v) is 10.5. The van der Waals surface area contributed by atoms with Gasteiger partial charge in [-0.25, -0.2) is 9.37 Å². The molecule has 2 N–H and O–H groups in total. The molecular weight excluding hydrogens is 251 g/mol. The number of aliphatic carboxylic acids is 1. The van der Waals surface area contributed by atoms with Crippen molar-refractivity contribution in [1.29, 1.82) is 0 Å². The maximum absolute atomic E-state index is 13.6. The Balaban J connectivity index is 2.38. The summed E-state index contributed by atoms with van der Waals surface area (Å²) in [6.07, 6.45) is -0.195. The van der Waals surface area contributed by atoms with Crippen molar-refractivity contribution in [3.8, 4) is 17.0 Å². The van der Waals surface area contributed by atoms with Crippen molar-refractivity contribution >= 4 is 5.97 Å². The Kier molecular flexibility index (Phi) is 3.50. The predicted octanol–water partition coefficient (Wildman–Crippen LogP) is 2.16. The molecule has 5 nitrogen and oxygen atoms in total. The first kappa shape index (κ1) is 13.1. The zero-order chi connectivity index (χ0) is 14.0. The minimum Gasteiger partial charge on any atom is -0.494 e. The van der Waals surface area contributed by atoms with Crippen molar-refractivity contribution in [3.63, 3.8) is 0 Å². The molecule has 1 heterocycles. The van der Waals surface area contributed by atoms with Gasteiger partial charge < -0.3 is 14.8 Å². The number of carboxylic acids is 1. The summed E-state index contributed by atoms with van der Waals surface area (Å²) >= 11 is 0. The number of aromatic amines is 1. The Morgan fingerprint density at radius 2 is 2.26 bits per heavy atom. The van der Waals surface area contributed by atoms with Gasteiger partial charge in [-0.15, -0.1) is 0 Å². The third-order valence-corrected chi connectivity index (χ3v) is 2.68. The van der Waals surface area contributed by atoms with E-state index in [-0.39, 0.29) is 12.2 Å². The van der Waals surface area contributed by atoms with Gasteiger partial charge in [-0.2, -0.15) is 0 Å². The van der Waals surface area contributed by atoms with E-state index in [9.17, 15) is 9.18 Å². The summed E-state index contributed by atoms with van der Waals surface area (Å²) in [7, 11) is 1.39. The lowest BCUT2D eigenvalue weighted by molar-refractivity contribution is -0.136. The lowest BCUT2D eigenvalue weighted by Gasteiger charge is -2.03. The van der Waals surface area contributed by atoms with Crippen LogP contribution in [0.4, 0.5) is 4.39 Å². The van der Waals surface area contributed by atoms with Gasteiger partial charge in [0.25, 0.3) is 0 Å². The highest BCUT2D eigenvalue weighted by Crippen LogP contribution is 2.26. The van der Waals surface area contributed by atoms with Crippen LogP contribution in [0.1, 0.15) is 11.5 Å². The molecule has 2 rings (SSSR count). The molecule has 19 heavy (non-hydrogen) atoms. The summed E-state index contributed by atoms with van der Waals surface area (Å²) in [5, 5.41) is 8.71. The summed E-state index contributed by atoms with van der Waals surface area (Å²) in [5.41, 5.74) is 1.81. The predicted molar refractivity (Wildman–Crippen MR) is 66.6 cm³/mol. The van der Waals surface area contributed by atoms with Crippen LogP contribution in [0.25, 0.3) is 11.3 Å². The van der Waals surface area contributed by atoms with Crippen LogP contribution in [0.3, 0.4) is 0 Å². The van der Waals surface area contributed by atoms with Crippen molar-refractivity contribution in [2.24, 2.45) is 0 Å². The number of H-pyrrole nitrogens is 1. The average molecular weight is 264 g/mol. The summed E-state index contributed by atoms with van der Waals surface area (Å²) in [6.45, 7) is 1.76. The maximum atomic E-state index is 13.6. The fourth-order valence-corrected chi connectivity index (χ4v) is 1.84. The van der Waals surface area contributed by atoms with Gasteiger partial charge in [0.05, 0.1) is 12.8 Å². The molecule has 0 atom stereocenters. The van der Waals surface area contributed by atoms with Crippen molar-refractivity contribution < 1.29 is 19.0 Å². The van der Waals surface area contributed by atoms with Crippen molar-refractivity contribution in [2.75, 3.05) is 7.11 Å². The molecule has 0 spiro atoms. The van der Waals surface area contributed by atoms with Gasteiger partial charge in [-0.3, -0.25) is 4.79 Å². The molecule has 0 aliphatic rings. The SMILES string of the molecule is COc1ccc(-c2nc(CC(=O)O)[nH]c2C)cc1F. The van der Waals surface area contributed by atoms with E-state index >= 15 is 0 Å². The van der Waals surface area contributed by atoms with E-state index in [4.69, 9.17) is 9.84 Å². The molecule has 0 saturated heterocycles. The zero-order valence-electron chi connectivity index (χ0n) is 10.5. The standard InChI is InChI=1S/C13H13FN2O3/c1-7-13(16-11(15-7)6-12(17)18)8-3-4-10(19-2)9(14)5-8/h3-5H,6H2,1-2H3,(H,15,16)(H,17,18). The van der Waals surface area contributed by atoms with Crippen LogP contribution in [0.5, 0.6) is 5.75 Å². The minimum atomic E-state index is -0.971. The second-order valence-electron chi connectivity index (χ2n) is 4.08. The number of carboxylic acid groups (broad SMARTS) is 1. The number of carbonyl (C=O) groups is 1. The van der Waals surface area contributed by atoms with E-state index in [1.54, 1.807) is 13.0 Å². The number of methoxy groups -OCH3 is 1. The number of nitrogens with one attached hydrogen (secondary N) is 1. The molecule has 0 saturated carbocycles. The summed E-state index contributed by atoms with van der Waals surface area (Å²) in [6, 6.07) is 4.50. The lowest BCUT2D eigenvalue weighted by atomic mass is 10.1. The van der Waals surface area contributed by atoms with Gasteiger partial charge in [0.2, 0.25) is 0 Å². The quantitative estimate of drug-likeness (QED) is 0.887. The van der Waals surface area contributed by atoms with E-state index in [0.29, 0.717) is 22.8 Å². The van der Waals surface area contributed by atoms with Gasteiger partial charge >= 0.3 is 5.97 Å². The molecule has 1 aromatic heterocycles. The largest absolute Gasteiger partial charge is 0.494 e. The maximum Gasteiger partial charge on any atom is 0.311 e. The monoisotopic (exact) mass is 264 g/mol. The van der Waals surface area contributed by atoms with E-state index in [1.807, 2.05) is 0 Å². The topological polar surface area (TPSA) is 75.2 Å². The molecule has 6 heteroatoms. The molecule has 0 aliphatic carbocycles. The first-order valence-corrected chi connectivity index (χ1v) is 5.62. The van der Waals surface area contributed by atoms with E-state index in [1.165, 1.54) is 19.2 Å². The fraction of sp³-hybridized carbons (Fsp3) is 0.231. The van der Waals surface area contributed by atoms with Crippen molar-refractivity contribution in [1.82, 2.24) is 9.97 Å². The lowest BCUT2D eigenvalue weighted by Crippen LogP contribution is -2.01. The van der Waals surface area contributed by atoms with Gasteiger partial charge in [-0.05, 0) is 25.1 Å².